The van der Waals surface area contributed by atoms with Crippen LogP contribution in [0.2, 0.25) is 0 Å². The van der Waals surface area contributed by atoms with Crippen LogP contribution in [0.4, 0.5) is 4.79 Å². The number of carbonyl (C=O) groups is 2. The van der Waals surface area contributed by atoms with Crippen molar-refractivity contribution in [2.24, 2.45) is 0 Å². The fourth-order valence-electron chi connectivity index (χ4n) is 1.94. The fourth-order valence-corrected chi connectivity index (χ4v) is 1.94. The monoisotopic (exact) mass is 353 g/mol. The predicted octanol–water partition coefficient (Wildman–Crippen LogP) is 3.17. The molecule has 7 nitrogen and oxygen atoms in total. The van der Waals surface area contributed by atoms with Crippen molar-refractivity contribution < 1.29 is 28.5 Å². The summed E-state index contributed by atoms with van der Waals surface area (Å²) in [5.74, 6) is 0.532. The molecule has 0 aliphatic rings. The van der Waals surface area contributed by atoms with Crippen LogP contribution < -0.4 is 14.8 Å². The van der Waals surface area contributed by atoms with Gasteiger partial charge in [0.1, 0.15) is 22.7 Å². The van der Waals surface area contributed by atoms with Crippen LogP contribution in [0.25, 0.3) is 0 Å². The lowest BCUT2D eigenvalue weighted by Crippen LogP contribution is -2.33. The van der Waals surface area contributed by atoms with Gasteiger partial charge < -0.3 is 24.3 Å². The van der Waals surface area contributed by atoms with E-state index < -0.39 is 17.7 Å². The summed E-state index contributed by atoms with van der Waals surface area (Å²) in [5.41, 5.74) is -0.167. The molecule has 1 rings (SSSR count). The maximum absolute atomic E-state index is 11.8. The molecule has 1 amide bonds. The Balaban J connectivity index is 2.41. The first-order chi connectivity index (χ1) is 11.8. The zero-order valence-corrected chi connectivity index (χ0v) is 15.5. The van der Waals surface area contributed by atoms with E-state index in [2.05, 4.69) is 5.32 Å². The lowest BCUT2D eigenvalue weighted by atomic mass is 10.2. The first kappa shape index (κ1) is 20.6. The lowest BCUT2D eigenvalue weighted by Gasteiger charge is -2.19. The van der Waals surface area contributed by atoms with Gasteiger partial charge in [-0.15, -0.1) is 0 Å². The Morgan fingerprint density at radius 2 is 1.84 bits per heavy atom. The van der Waals surface area contributed by atoms with Gasteiger partial charge in [-0.2, -0.15) is 0 Å². The van der Waals surface area contributed by atoms with Gasteiger partial charge in [-0.25, -0.2) is 9.59 Å². The maximum Gasteiger partial charge on any atom is 0.407 e. The van der Waals surface area contributed by atoms with Crippen LogP contribution in [0.3, 0.4) is 0 Å². The number of esters is 1. The normalized spacial score (nSPS) is 10.8. The van der Waals surface area contributed by atoms with Crippen molar-refractivity contribution in [3.63, 3.8) is 0 Å². The van der Waals surface area contributed by atoms with Crippen LogP contribution in [-0.2, 0) is 9.47 Å². The highest BCUT2D eigenvalue weighted by Crippen LogP contribution is 2.25. The molecule has 0 unspecified atom stereocenters. The van der Waals surface area contributed by atoms with E-state index in [0.717, 1.165) is 6.42 Å². The summed E-state index contributed by atoms with van der Waals surface area (Å²) in [6.07, 6.45) is 0.985. The molecule has 0 radical (unpaired) electrons. The zero-order valence-electron chi connectivity index (χ0n) is 15.5. The molecule has 0 heterocycles. The van der Waals surface area contributed by atoms with Gasteiger partial charge >= 0.3 is 12.1 Å². The van der Waals surface area contributed by atoms with Crippen LogP contribution in [0.5, 0.6) is 11.5 Å². The topological polar surface area (TPSA) is 83.1 Å². The second-order valence-corrected chi connectivity index (χ2v) is 6.34. The summed E-state index contributed by atoms with van der Waals surface area (Å²) in [6.45, 7) is 6.32. The molecule has 140 valence electrons. The highest BCUT2D eigenvalue weighted by atomic mass is 16.6. The molecule has 1 aromatic rings. The van der Waals surface area contributed by atoms with Gasteiger partial charge in [0.25, 0.3) is 0 Å². The summed E-state index contributed by atoms with van der Waals surface area (Å²) >= 11 is 0. The number of benzene rings is 1. The number of hydrogen-bond acceptors (Lipinski definition) is 6. The van der Waals surface area contributed by atoms with E-state index in [4.69, 9.17) is 18.9 Å². The van der Waals surface area contributed by atoms with Crippen molar-refractivity contribution in [1.29, 1.82) is 0 Å². The van der Waals surface area contributed by atoms with Crippen molar-refractivity contribution in [2.45, 2.75) is 39.2 Å². The van der Waals surface area contributed by atoms with Gasteiger partial charge in [-0.05, 0) is 45.7 Å². The summed E-state index contributed by atoms with van der Waals surface area (Å²) in [6, 6.07) is 4.92. The smallest absolute Gasteiger partial charge is 0.407 e. The zero-order chi connectivity index (χ0) is 18.9. The standard InChI is InChI=1S/C18H27NO6/c1-18(2,3)25-17(21)19-10-6-7-11-24-15-12-13(22-4)8-9-14(15)16(20)23-5/h8-9,12H,6-7,10-11H2,1-5H3,(H,19,21). The number of rotatable bonds is 8. The minimum atomic E-state index is -0.510. The second-order valence-electron chi connectivity index (χ2n) is 6.34. The molecule has 1 N–H and O–H groups in total. The summed E-state index contributed by atoms with van der Waals surface area (Å²) in [7, 11) is 2.86. The highest BCUT2D eigenvalue weighted by molar-refractivity contribution is 5.92. The van der Waals surface area contributed by atoms with Crippen molar-refractivity contribution in [2.75, 3.05) is 27.4 Å². The minimum absolute atomic E-state index is 0.343. The SMILES string of the molecule is COC(=O)c1ccc(OC)cc1OCCCCNC(=O)OC(C)(C)C. The van der Waals surface area contributed by atoms with Gasteiger partial charge in [0.05, 0.1) is 20.8 Å². The second kappa shape index (κ2) is 9.76. The van der Waals surface area contributed by atoms with Crippen LogP contribution in [0.1, 0.15) is 44.0 Å². The van der Waals surface area contributed by atoms with E-state index >= 15 is 0 Å². The highest BCUT2D eigenvalue weighted by Gasteiger charge is 2.16. The van der Waals surface area contributed by atoms with E-state index in [1.807, 2.05) is 20.8 Å². The molecule has 0 fully saturated rings. The Labute approximate surface area is 148 Å². The number of alkyl carbamates (subject to hydrolysis) is 1. The Kier molecular flexibility index (Phi) is 8.04. The number of methoxy groups -OCH3 is 2. The number of ether oxygens (including phenoxy) is 4. The molecule has 0 bridgehead atoms. The largest absolute Gasteiger partial charge is 0.497 e. The molecule has 0 aliphatic carbocycles. The number of unbranched alkanes of at least 4 members (excludes halogenated alkanes) is 1. The van der Waals surface area contributed by atoms with Crippen molar-refractivity contribution in [1.82, 2.24) is 5.32 Å². The van der Waals surface area contributed by atoms with Gasteiger partial charge in [0.15, 0.2) is 0 Å². The first-order valence-corrected chi connectivity index (χ1v) is 8.13. The Bertz CT molecular complexity index is 579. The number of carbonyl (C=O) groups excluding carboxylic acids is 2. The summed E-state index contributed by atoms with van der Waals surface area (Å²) < 4.78 is 20.7. The minimum Gasteiger partial charge on any atom is -0.497 e. The maximum atomic E-state index is 11.8. The third-order valence-corrected chi connectivity index (χ3v) is 3.09. The van der Waals surface area contributed by atoms with Gasteiger partial charge in [-0.1, -0.05) is 0 Å². The summed E-state index contributed by atoms with van der Waals surface area (Å²) in [5, 5.41) is 2.68. The van der Waals surface area contributed by atoms with Crippen LogP contribution in [-0.4, -0.2) is 45.0 Å². The van der Waals surface area contributed by atoms with Crippen molar-refractivity contribution in [3.8, 4) is 11.5 Å². The molecule has 0 atom stereocenters. The van der Waals surface area contributed by atoms with Crippen LogP contribution in [0, 0.1) is 0 Å². The van der Waals surface area contributed by atoms with Gasteiger partial charge in [-0.3, -0.25) is 0 Å². The predicted molar refractivity (Wildman–Crippen MR) is 93.3 cm³/mol. The average Bonchev–Trinajstić information content (AvgIpc) is 2.55. The Morgan fingerprint density at radius 1 is 1.12 bits per heavy atom. The molecule has 25 heavy (non-hydrogen) atoms. The van der Waals surface area contributed by atoms with Crippen molar-refractivity contribution >= 4 is 12.1 Å². The van der Waals surface area contributed by atoms with Crippen LogP contribution in [0.15, 0.2) is 18.2 Å². The van der Waals surface area contributed by atoms with Gasteiger partial charge in [0, 0.05) is 12.6 Å². The molecule has 0 spiro atoms. The first-order valence-electron chi connectivity index (χ1n) is 8.13. The van der Waals surface area contributed by atoms with E-state index in [1.165, 1.54) is 7.11 Å². The fraction of sp³-hybridized carbons (Fsp3) is 0.556. The number of nitrogens with one attached hydrogen (secondary N) is 1. The molecule has 1 aromatic carbocycles. The van der Waals surface area contributed by atoms with Gasteiger partial charge in [0.2, 0.25) is 0 Å². The number of amides is 1. The van der Waals surface area contributed by atoms with E-state index in [0.29, 0.717) is 36.6 Å². The van der Waals surface area contributed by atoms with E-state index in [-0.39, 0.29) is 0 Å². The van der Waals surface area contributed by atoms with Crippen molar-refractivity contribution in [3.05, 3.63) is 23.8 Å². The lowest BCUT2D eigenvalue weighted by molar-refractivity contribution is 0.0524. The molecular weight excluding hydrogens is 326 g/mol. The average molecular weight is 353 g/mol. The Hall–Kier alpha value is -2.44. The molecule has 0 aromatic heterocycles. The Morgan fingerprint density at radius 3 is 2.44 bits per heavy atom. The van der Waals surface area contributed by atoms with E-state index in [1.54, 1.807) is 25.3 Å². The third kappa shape index (κ3) is 7.78. The molecular formula is C18H27NO6. The van der Waals surface area contributed by atoms with E-state index in [9.17, 15) is 9.59 Å². The molecule has 7 heteroatoms. The molecule has 0 aliphatic heterocycles. The third-order valence-electron chi connectivity index (χ3n) is 3.09. The summed E-state index contributed by atoms with van der Waals surface area (Å²) in [4.78, 5) is 23.3. The quantitative estimate of drug-likeness (QED) is 0.571. The number of hydrogen-bond donors (Lipinski definition) is 1. The van der Waals surface area contributed by atoms with Crippen LogP contribution >= 0.6 is 0 Å². The molecule has 0 saturated heterocycles. The molecule has 0 saturated carbocycles.